The minimum Gasteiger partial charge on any atom is -0.460 e. The summed E-state index contributed by atoms with van der Waals surface area (Å²) in [5.74, 6) is 0.537. The largest absolute Gasteiger partial charge is 0.460 e. The summed E-state index contributed by atoms with van der Waals surface area (Å²) in [4.78, 5) is 13.9. The predicted octanol–water partition coefficient (Wildman–Crippen LogP) is 3.86. The summed E-state index contributed by atoms with van der Waals surface area (Å²) in [6, 6.07) is 21.0. The van der Waals surface area contributed by atoms with Gasteiger partial charge in [-0.1, -0.05) is 43.0 Å². The smallest absolute Gasteiger partial charge is 0.333 e. The summed E-state index contributed by atoms with van der Waals surface area (Å²) in [5.41, 5.74) is 0.407. The van der Waals surface area contributed by atoms with E-state index in [1.165, 1.54) is 9.79 Å². The monoisotopic (exact) mass is 343 g/mol. The van der Waals surface area contributed by atoms with Crippen molar-refractivity contribution in [2.24, 2.45) is 0 Å². The fraction of sp³-hybridized carbons (Fsp3) is 0.250. The zero-order chi connectivity index (χ0) is 17.2. The van der Waals surface area contributed by atoms with Crippen molar-refractivity contribution in [1.29, 1.82) is 0 Å². The maximum atomic E-state index is 11.3. The molecule has 0 aliphatic rings. The molecular weight excluding hydrogens is 320 g/mol. The zero-order valence-electron chi connectivity index (χ0n) is 13.9. The predicted molar refractivity (Wildman–Crippen MR) is 98.2 cm³/mol. The van der Waals surface area contributed by atoms with E-state index in [-0.39, 0.29) is 23.5 Å². The van der Waals surface area contributed by atoms with Crippen LogP contribution in [0.3, 0.4) is 0 Å². The Morgan fingerprint density at radius 3 is 1.96 bits per heavy atom. The first kappa shape index (κ1) is 18.3. The van der Waals surface area contributed by atoms with Crippen LogP contribution in [0.25, 0.3) is 0 Å². The van der Waals surface area contributed by atoms with Gasteiger partial charge in [-0.2, -0.15) is 0 Å². The first-order valence-electron chi connectivity index (χ1n) is 7.90. The van der Waals surface area contributed by atoms with Crippen molar-refractivity contribution in [3.63, 3.8) is 0 Å². The van der Waals surface area contributed by atoms with Crippen molar-refractivity contribution in [2.75, 3.05) is 25.6 Å². The molecule has 2 aromatic rings. The van der Waals surface area contributed by atoms with Gasteiger partial charge in [0.05, 0.1) is 24.1 Å². The van der Waals surface area contributed by atoms with Crippen molar-refractivity contribution in [3.8, 4) is 0 Å². The molecule has 4 heteroatoms. The topological polar surface area (TPSA) is 35.5 Å². The van der Waals surface area contributed by atoms with Crippen LogP contribution in [0, 0.1) is 0 Å². The molecule has 0 aliphatic heterocycles. The molecule has 2 rings (SSSR count). The summed E-state index contributed by atoms with van der Waals surface area (Å²) in [6.45, 7) is 6.46. The van der Waals surface area contributed by atoms with Gasteiger partial charge >= 0.3 is 5.97 Å². The Balaban J connectivity index is 1.84. The van der Waals surface area contributed by atoms with E-state index in [1.807, 2.05) is 12.1 Å². The lowest BCUT2D eigenvalue weighted by Crippen LogP contribution is -2.16. The fourth-order valence-corrected chi connectivity index (χ4v) is 4.10. The van der Waals surface area contributed by atoms with Gasteiger partial charge in [-0.05, 0) is 31.2 Å². The van der Waals surface area contributed by atoms with E-state index in [4.69, 9.17) is 9.47 Å². The number of esters is 1. The second kappa shape index (κ2) is 9.96. The number of benzene rings is 2. The van der Waals surface area contributed by atoms with Crippen molar-refractivity contribution < 1.29 is 14.3 Å². The van der Waals surface area contributed by atoms with Crippen LogP contribution in [0.4, 0.5) is 0 Å². The summed E-state index contributed by atoms with van der Waals surface area (Å²) in [6.07, 6.45) is 0. The molecule has 0 spiro atoms. The highest BCUT2D eigenvalue weighted by Gasteiger charge is 2.24. The quantitative estimate of drug-likeness (QED) is 0.300. The van der Waals surface area contributed by atoms with E-state index in [2.05, 4.69) is 55.1 Å². The minimum absolute atomic E-state index is 0.0196. The van der Waals surface area contributed by atoms with Crippen LogP contribution >= 0.6 is 0 Å². The molecule has 24 heavy (non-hydrogen) atoms. The molecular formula is C20H23O3S+. The lowest BCUT2D eigenvalue weighted by atomic mass is 10.4. The molecule has 0 saturated carbocycles. The van der Waals surface area contributed by atoms with E-state index in [0.29, 0.717) is 18.8 Å². The van der Waals surface area contributed by atoms with Crippen LogP contribution in [0.15, 0.2) is 82.6 Å². The van der Waals surface area contributed by atoms with E-state index in [0.717, 1.165) is 5.75 Å². The van der Waals surface area contributed by atoms with Crippen LogP contribution in [0.2, 0.25) is 0 Å². The van der Waals surface area contributed by atoms with E-state index < -0.39 is 0 Å². The minimum atomic E-state index is -0.369. The number of rotatable bonds is 9. The van der Waals surface area contributed by atoms with Crippen molar-refractivity contribution in [3.05, 3.63) is 72.8 Å². The molecule has 0 aromatic heterocycles. The Bertz CT molecular complexity index is 601. The third kappa shape index (κ3) is 5.87. The van der Waals surface area contributed by atoms with Gasteiger partial charge in [0.15, 0.2) is 9.79 Å². The summed E-state index contributed by atoms with van der Waals surface area (Å²) in [7, 11) is -0.0196. The number of carbonyl (C=O) groups is 1. The molecule has 0 radical (unpaired) electrons. The molecule has 0 unspecified atom stereocenters. The normalized spacial score (nSPS) is 10.6. The maximum absolute atomic E-state index is 11.3. The second-order valence-corrected chi connectivity index (χ2v) is 7.38. The second-order valence-electron chi connectivity index (χ2n) is 5.25. The van der Waals surface area contributed by atoms with Crippen molar-refractivity contribution in [1.82, 2.24) is 0 Å². The number of carbonyl (C=O) groups excluding carboxylic acids is 1. The van der Waals surface area contributed by atoms with Crippen LogP contribution in [0.1, 0.15) is 6.92 Å². The van der Waals surface area contributed by atoms with Gasteiger partial charge in [-0.25, -0.2) is 4.79 Å². The summed E-state index contributed by atoms with van der Waals surface area (Å²) >= 11 is 0. The molecule has 3 nitrogen and oxygen atoms in total. The maximum Gasteiger partial charge on any atom is 0.333 e. The number of hydrogen-bond acceptors (Lipinski definition) is 3. The van der Waals surface area contributed by atoms with Crippen LogP contribution in [-0.4, -0.2) is 31.5 Å². The van der Waals surface area contributed by atoms with Gasteiger partial charge in [0, 0.05) is 5.57 Å². The molecule has 0 heterocycles. The van der Waals surface area contributed by atoms with Crippen molar-refractivity contribution >= 4 is 16.9 Å². The molecule has 2 aromatic carbocycles. The van der Waals surface area contributed by atoms with E-state index in [9.17, 15) is 4.79 Å². The third-order valence-corrected chi connectivity index (χ3v) is 5.55. The van der Waals surface area contributed by atoms with Crippen molar-refractivity contribution in [2.45, 2.75) is 16.7 Å². The lowest BCUT2D eigenvalue weighted by molar-refractivity contribution is -0.140. The lowest BCUT2D eigenvalue weighted by Gasteiger charge is -2.09. The molecule has 0 N–H and O–H groups in total. The summed E-state index contributed by atoms with van der Waals surface area (Å²) < 4.78 is 10.7. The SMILES string of the molecule is C=C(C)C(=O)OCCOCC[S+](c1ccccc1)c1ccccc1. The Kier molecular flexibility index (Phi) is 7.59. The van der Waals surface area contributed by atoms with Crippen LogP contribution in [-0.2, 0) is 25.2 Å². The molecule has 0 atom stereocenters. The summed E-state index contributed by atoms with van der Waals surface area (Å²) in [5, 5.41) is 0. The molecule has 0 saturated heterocycles. The van der Waals surface area contributed by atoms with Gasteiger partial charge in [-0.15, -0.1) is 0 Å². The first-order chi connectivity index (χ1) is 11.7. The highest BCUT2D eigenvalue weighted by atomic mass is 32.2. The van der Waals surface area contributed by atoms with Gasteiger partial charge in [-0.3, -0.25) is 0 Å². The van der Waals surface area contributed by atoms with E-state index in [1.54, 1.807) is 6.92 Å². The Morgan fingerprint density at radius 1 is 0.917 bits per heavy atom. The fourth-order valence-electron chi connectivity index (χ4n) is 2.10. The first-order valence-corrected chi connectivity index (χ1v) is 9.29. The highest BCUT2D eigenvalue weighted by Crippen LogP contribution is 2.23. The third-order valence-electron chi connectivity index (χ3n) is 3.30. The highest BCUT2D eigenvalue weighted by molar-refractivity contribution is 7.97. The molecule has 0 aliphatic carbocycles. The number of ether oxygens (including phenoxy) is 2. The van der Waals surface area contributed by atoms with Gasteiger partial charge in [0.25, 0.3) is 0 Å². The average molecular weight is 343 g/mol. The van der Waals surface area contributed by atoms with E-state index >= 15 is 0 Å². The average Bonchev–Trinajstić information content (AvgIpc) is 2.62. The molecule has 126 valence electrons. The molecule has 0 fully saturated rings. The Hall–Kier alpha value is -2.04. The Morgan fingerprint density at radius 2 is 1.46 bits per heavy atom. The zero-order valence-corrected chi connectivity index (χ0v) is 14.8. The number of hydrogen-bond donors (Lipinski definition) is 0. The van der Waals surface area contributed by atoms with Gasteiger partial charge in [0.2, 0.25) is 0 Å². The van der Waals surface area contributed by atoms with Crippen LogP contribution < -0.4 is 0 Å². The Labute approximate surface area is 146 Å². The van der Waals surface area contributed by atoms with Gasteiger partial charge < -0.3 is 9.47 Å². The molecule has 0 amide bonds. The standard InChI is InChI=1S/C20H23O3S/c1-17(2)20(21)23-14-13-22-15-16-24(18-9-5-3-6-10-18)19-11-7-4-8-12-19/h3-12H,1,13-16H2,2H3/q+1. The molecule has 0 bridgehead atoms. The van der Waals surface area contributed by atoms with Gasteiger partial charge in [0.1, 0.15) is 12.4 Å². The van der Waals surface area contributed by atoms with Crippen LogP contribution in [0.5, 0.6) is 0 Å².